The first-order chi connectivity index (χ1) is 11.0. The maximum atomic E-state index is 7.00. The van der Waals surface area contributed by atoms with Gasteiger partial charge in [0.15, 0.2) is 5.16 Å². The minimum absolute atomic E-state index is 0.551. The number of anilines is 1. The average molecular weight is 360 g/mol. The van der Waals surface area contributed by atoms with Gasteiger partial charge in [0, 0.05) is 29.7 Å². The first-order valence-electron chi connectivity index (χ1n) is 8.18. The molecule has 134 valence electrons. The largest absolute Gasteiger partial charge is 0.400 e. The van der Waals surface area contributed by atoms with Gasteiger partial charge >= 0.3 is 0 Å². The Morgan fingerprint density at radius 1 is 1.09 bits per heavy atom. The van der Waals surface area contributed by atoms with Crippen molar-refractivity contribution in [3.05, 3.63) is 11.3 Å². The fourth-order valence-corrected chi connectivity index (χ4v) is 4.10. The molecule has 3 unspecified atom stereocenters. The third-order valence-electron chi connectivity index (χ3n) is 4.00. The summed E-state index contributed by atoms with van der Waals surface area (Å²) in [6.45, 7) is 10.5. The summed E-state index contributed by atoms with van der Waals surface area (Å²) in [4.78, 5) is 9.11. The lowest BCUT2D eigenvalue weighted by Gasteiger charge is -2.16. The van der Waals surface area contributed by atoms with Crippen molar-refractivity contribution in [2.24, 2.45) is 5.92 Å². The average Bonchev–Trinajstić information content (AvgIpc) is 2.94. The van der Waals surface area contributed by atoms with E-state index in [0.29, 0.717) is 6.04 Å². The molecule has 0 amide bonds. The summed E-state index contributed by atoms with van der Waals surface area (Å²) in [6, 6.07) is 0.551. The predicted octanol–water partition coefficient (Wildman–Crippen LogP) is 4.39. The SMILES string of the molecule is CC.CO.CSc1nc(C)c(C)c(NC2CC(C)C(SC)C2)n1. The molecular formula is C17H33N3OS2. The van der Waals surface area contributed by atoms with Crippen molar-refractivity contribution in [1.82, 2.24) is 9.97 Å². The number of thioether (sulfide) groups is 2. The van der Waals surface area contributed by atoms with E-state index in [1.807, 2.05) is 31.9 Å². The topological polar surface area (TPSA) is 58.0 Å². The normalized spacial score (nSPS) is 22.6. The maximum Gasteiger partial charge on any atom is 0.189 e. The maximum absolute atomic E-state index is 7.00. The summed E-state index contributed by atoms with van der Waals surface area (Å²) in [5.41, 5.74) is 2.26. The number of rotatable bonds is 4. The highest BCUT2D eigenvalue weighted by atomic mass is 32.2. The number of nitrogens with zero attached hydrogens (tertiary/aromatic N) is 2. The molecule has 1 saturated carbocycles. The van der Waals surface area contributed by atoms with Crippen LogP contribution in [-0.2, 0) is 0 Å². The Bertz CT molecular complexity index is 458. The van der Waals surface area contributed by atoms with E-state index in [1.165, 1.54) is 18.4 Å². The lowest BCUT2D eigenvalue weighted by atomic mass is 10.1. The van der Waals surface area contributed by atoms with Crippen LogP contribution in [0.3, 0.4) is 0 Å². The smallest absolute Gasteiger partial charge is 0.189 e. The van der Waals surface area contributed by atoms with Crippen LogP contribution >= 0.6 is 23.5 Å². The number of aryl methyl sites for hydroxylation is 1. The molecular weight excluding hydrogens is 326 g/mol. The molecule has 1 aromatic rings. The molecule has 1 fully saturated rings. The third-order valence-corrected chi connectivity index (χ3v) is 5.81. The third kappa shape index (κ3) is 6.51. The summed E-state index contributed by atoms with van der Waals surface area (Å²) in [7, 11) is 1.00. The summed E-state index contributed by atoms with van der Waals surface area (Å²) < 4.78 is 0. The van der Waals surface area contributed by atoms with Crippen LogP contribution in [0.1, 0.15) is 44.9 Å². The number of aliphatic hydroxyl groups excluding tert-OH is 1. The molecule has 4 nitrogen and oxygen atoms in total. The second-order valence-electron chi connectivity index (χ2n) is 5.33. The molecule has 0 radical (unpaired) electrons. The van der Waals surface area contributed by atoms with Crippen molar-refractivity contribution in [2.45, 2.75) is 63.9 Å². The quantitative estimate of drug-likeness (QED) is 0.614. The molecule has 2 rings (SSSR count). The Hall–Kier alpha value is -0.460. The van der Waals surface area contributed by atoms with Crippen LogP contribution in [0.5, 0.6) is 0 Å². The van der Waals surface area contributed by atoms with Crippen LogP contribution in [0.2, 0.25) is 0 Å². The first-order valence-corrected chi connectivity index (χ1v) is 10.7. The Morgan fingerprint density at radius 2 is 1.70 bits per heavy atom. The van der Waals surface area contributed by atoms with Gasteiger partial charge in [0.2, 0.25) is 0 Å². The number of nitrogens with one attached hydrogen (secondary N) is 1. The molecule has 0 aromatic carbocycles. The molecule has 2 N–H and O–H groups in total. The highest BCUT2D eigenvalue weighted by molar-refractivity contribution is 7.99. The van der Waals surface area contributed by atoms with Gasteiger partial charge in [-0.15, -0.1) is 0 Å². The second-order valence-corrected chi connectivity index (χ2v) is 7.18. The van der Waals surface area contributed by atoms with Gasteiger partial charge < -0.3 is 10.4 Å². The molecule has 1 aliphatic rings. The van der Waals surface area contributed by atoms with Gasteiger partial charge in [0.25, 0.3) is 0 Å². The van der Waals surface area contributed by atoms with Gasteiger partial charge in [-0.05, 0) is 45.1 Å². The van der Waals surface area contributed by atoms with Gasteiger partial charge in [-0.3, -0.25) is 0 Å². The standard InChI is InChI=1S/C14H23N3S2.C2H6.CH4O/c1-8-6-11(7-12(8)18-4)16-13-9(2)10(3)15-14(17-13)19-5;2*1-2/h8,11-12H,6-7H2,1-5H3,(H,15,16,17);1-2H3;2H,1H3. The second kappa shape index (κ2) is 12.0. The van der Waals surface area contributed by atoms with Gasteiger partial charge in [-0.1, -0.05) is 32.5 Å². The molecule has 3 atom stereocenters. The van der Waals surface area contributed by atoms with Crippen molar-refractivity contribution < 1.29 is 5.11 Å². The minimum Gasteiger partial charge on any atom is -0.400 e. The molecule has 23 heavy (non-hydrogen) atoms. The van der Waals surface area contributed by atoms with Crippen molar-refractivity contribution in [2.75, 3.05) is 24.9 Å². The lowest BCUT2D eigenvalue weighted by molar-refractivity contribution is 0.399. The zero-order valence-electron chi connectivity index (χ0n) is 15.8. The highest BCUT2D eigenvalue weighted by Gasteiger charge is 2.31. The number of aromatic nitrogens is 2. The Labute approximate surface area is 150 Å². The molecule has 1 heterocycles. The molecule has 0 bridgehead atoms. The summed E-state index contributed by atoms with van der Waals surface area (Å²) in [5.74, 6) is 1.81. The van der Waals surface area contributed by atoms with Crippen molar-refractivity contribution in [1.29, 1.82) is 0 Å². The lowest BCUT2D eigenvalue weighted by Crippen LogP contribution is -2.18. The Kier molecular flexibility index (Phi) is 11.7. The molecule has 0 spiro atoms. The fourth-order valence-electron chi connectivity index (χ4n) is 2.68. The van der Waals surface area contributed by atoms with Crippen LogP contribution in [0, 0.1) is 19.8 Å². The Balaban J connectivity index is 0.00000112. The van der Waals surface area contributed by atoms with Crippen LogP contribution in [0.4, 0.5) is 5.82 Å². The summed E-state index contributed by atoms with van der Waals surface area (Å²) in [6.07, 6.45) is 6.72. The van der Waals surface area contributed by atoms with Gasteiger partial charge in [0.1, 0.15) is 5.82 Å². The zero-order valence-corrected chi connectivity index (χ0v) is 17.4. The molecule has 6 heteroatoms. The van der Waals surface area contributed by atoms with Crippen molar-refractivity contribution in [3.63, 3.8) is 0 Å². The summed E-state index contributed by atoms with van der Waals surface area (Å²) in [5, 5.41) is 12.3. The number of aliphatic hydroxyl groups is 1. The number of hydrogen-bond acceptors (Lipinski definition) is 6. The molecule has 0 aliphatic heterocycles. The monoisotopic (exact) mass is 359 g/mol. The Morgan fingerprint density at radius 3 is 2.17 bits per heavy atom. The molecule has 0 saturated heterocycles. The van der Waals surface area contributed by atoms with E-state index in [-0.39, 0.29) is 0 Å². The molecule has 1 aliphatic carbocycles. The van der Waals surface area contributed by atoms with E-state index in [9.17, 15) is 0 Å². The van der Waals surface area contributed by atoms with E-state index in [4.69, 9.17) is 5.11 Å². The summed E-state index contributed by atoms with van der Waals surface area (Å²) >= 11 is 3.60. The van der Waals surface area contributed by atoms with E-state index in [1.54, 1.807) is 11.8 Å². The van der Waals surface area contributed by atoms with E-state index < -0.39 is 0 Å². The van der Waals surface area contributed by atoms with E-state index in [2.05, 4.69) is 42.3 Å². The van der Waals surface area contributed by atoms with Crippen LogP contribution in [0.25, 0.3) is 0 Å². The van der Waals surface area contributed by atoms with Gasteiger partial charge in [0.05, 0.1) is 0 Å². The van der Waals surface area contributed by atoms with Crippen LogP contribution < -0.4 is 5.32 Å². The van der Waals surface area contributed by atoms with Crippen molar-refractivity contribution in [3.8, 4) is 0 Å². The van der Waals surface area contributed by atoms with Crippen molar-refractivity contribution >= 4 is 29.3 Å². The minimum atomic E-state index is 0.551. The number of hydrogen-bond donors (Lipinski definition) is 2. The highest BCUT2D eigenvalue weighted by Crippen LogP contribution is 2.35. The van der Waals surface area contributed by atoms with E-state index in [0.717, 1.165) is 34.9 Å². The first kappa shape index (κ1) is 22.5. The van der Waals surface area contributed by atoms with E-state index >= 15 is 0 Å². The van der Waals surface area contributed by atoms with Crippen LogP contribution in [-0.4, -0.2) is 46.0 Å². The molecule has 1 aromatic heterocycles. The zero-order chi connectivity index (χ0) is 18.0. The fraction of sp³-hybridized carbons (Fsp3) is 0.765. The van der Waals surface area contributed by atoms with Gasteiger partial charge in [-0.2, -0.15) is 11.8 Å². The van der Waals surface area contributed by atoms with Crippen LogP contribution in [0.15, 0.2) is 5.16 Å². The predicted molar refractivity (Wildman–Crippen MR) is 106 cm³/mol. The van der Waals surface area contributed by atoms with Gasteiger partial charge in [-0.25, -0.2) is 9.97 Å².